The molecule has 2 aromatic rings. The quantitative estimate of drug-likeness (QED) is 0.882. The number of carbonyl (C=O) groups is 1. The van der Waals surface area contributed by atoms with Crippen LogP contribution in [-0.2, 0) is 0 Å². The minimum atomic E-state index is -0.790. The van der Waals surface area contributed by atoms with E-state index in [1.165, 1.54) is 19.1 Å². The summed E-state index contributed by atoms with van der Waals surface area (Å²) in [6.07, 6.45) is 0. The molecule has 2 amide bonds. The molecular weight excluding hydrogens is 318 g/mol. The number of carbonyl (C=O) groups excluding carboxylic acids is 1. The van der Waals surface area contributed by atoms with Crippen LogP contribution in [0.25, 0.3) is 0 Å². The van der Waals surface area contributed by atoms with Crippen LogP contribution in [0.1, 0.15) is 11.6 Å². The molecule has 0 aromatic heterocycles. The van der Waals surface area contributed by atoms with Gasteiger partial charge in [-0.05, 0) is 29.8 Å². The number of amides is 2. The van der Waals surface area contributed by atoms with Crippen LogP contribution >= 0.6 is 0 Å². The smallest absolute Gasteiger partial charge is 0.322 e. The molecule has 128 valence electrons. The summed E-state index contributed by atoms with van der Waals surface area (Å²) in [6.45, 7) is -0.312. The number of benzene rings is 2. The third-order valence-electron chi connectivity index (χ3n) is 3.58. The molecule has 0 spiro atoms. The zero-order valence-corrected chi connectivity index (χ0v) is 13.3. The van der Waals surface area contributed by atoms with Crippen molar-refractivity contribution in [2.75, 3.05) is 26.1 Å². The van der Waals surface area contributed by atoms with E-state index in [9.17, 15) is 18.7 Å². The Hall–Kier alpha value is -2.67. The summed E-state index contributed by atoms with van der Waals surface area (Å²) in [4.78, 5) is 13.5. The van der Waals surface area contributed by atoms with E-state index in [4.69, 9.17) is 4.74 Å². The van der Waals surface area contributed by atoms with Gasteiger partial charge in [-0.25, -0.2) is 13.6 Å². The zero-order valence-electron chi connectivity index (χ0n) is 13.3. The lowest BCUT2D eigenvalue weighted by atomic mass is 10.1. The first-order valence-electron chi connectivity index (χ1n) is 7.19. The number of methoxy groups -OCH3 is 1. The number of halogens is 2. The standard InChI is InChI=1S/C17H18F2N2O3/c1-21(16(10-22)11-3-5-15(24-2)6-4-11)17(23)20-14-8-12(18)7-13(19)9-14/h3-9,16,22H,10H2,1-2H3,(H,20,23)/t16-/m0/s1. The molecular formula is C17H18F2N2O3. The summed E-state index contributed by atoms with van der Waals surface area (Å²) in [5.41, 5.74) is 0.692. The summed E-state index contributed by atoms with van der Waals surface area (Å²) in [7, 11) is 3.02. The first-order chi connectivity index (χ1) is 11.4. The second-order valence-corrected chi connectivity index (χ2v) is 5.17. The average molecular weight is 336 g/mol. The number of ether oxygens (including phenoxy) is 1. The Balaban J connectivity index is 2.14. The van der Waals surface area contributed by atoms with E-state index >= 15 is 0 Å². The predicted octanol–water partition coefficient (Wildman–Crippen LogP) is 3.17. The normalized spacial score (nSPS) is 11.7. The molecule has 0 bridgehead atoms. The maximum Gasteiger partial charge on any atom is 0.322 e. The second kappa shape index (κ2) is 7.74. The molecule has 0 aliphatic carbocycles. The third kappa shape index (κ3) is 4.20. The number of hydrogen-bond acceptors (Lipinski definition) is 3. The molecule has 2 rings (SSSR count). The molecule has 2 N–H and O–H groups in total. The molecule has 7 heteroatoms. The largest absolute Gasteiger partial charge is 0.497 e. The van der Waals surface area contributed by atoms with Crippen molar-refractivity contribution < 1.29 is 23.4 Å². The number of likely N-dealkylation sites (N-methyl/N-ethyl adjacent to an activating group) is 1. The van der Waals surface area contributed by atoms with Gasteiger partial charge in [0.15, 0.2) is 0 Å². The van der Waals surface area contributed by atoms with Crippen molar-refractivity contribution in [3.8, 4) is 5.75 Å². The molecule has 0 unspecified atom stereocenters. The van der Waals surface area contributed by atoms with E-state index < -0.39 is 23.7 Å². The molecule has 0 fully saturated rings. The Morgan fingerprint density at radius 3 is 2.29 bits per heavy atom. The molecule has 5 nitrogen and oxygen atoms in total. The van der Waals surface area contributed by atoms with Gasteiger partial charge in [-0.2, -0.15) is 0 Å². The molecule has 0 saturated heterocycles. The third-order valence-corrected chi connectivity index (χ3v) is 3.58. The number of rotatable bonds is 5. The fourth-order valence-electron chi connectivity index (χ4n) is 2.26. The highest BCUT2D eigenvalue weighted by molar-refractivity contribution is 5.89. The summed E-state index contributed by atoms with van der Waals surface area (Å²) < 4.78 is 31.4. The Kier molecular flexibility index (Phi) is 5.70. The highest BCUT2D eigenvalue weighted by Crippen LogP contribution is 2.23. The van der Waals surface area contributed by atoms with E-state index in [1.54, 1.807) is 24.3 Å². The lowest BCUT2D eigenvalue weighted by molar-refractivity contribution is 0.159. The lowest BCUT2D eigenvalue weighted by Gasteiger charge is -2.27. The fraction of sp³-hybridized carbons (Fsp3) is 0.235. The van der Waals surface area contributed by atoms with E-state index in [-0.39, 0.29) is 12.3 Å². The van der Waals surface area contributed by atoms with Crippen molar-refractivity contribution in [1.82, 2.24) is 4.90 Å². The van der Waals surface area contributed by atoms with Crippen LogP contribution in [0.4, 0.5) is 19.3 Å². The van der Waals surface area contributed by atoms with Gasteiger partial charge in [0.25, 0.3) is 0 Å². The van der Waals surface area contributed by atoms with Gasteiger partial charge in [0.1, 0.15) is 17.4 Å². The second-order valence-electron chi connectivity index (χ2n) is 5.17. The Morgan fingerprint density at radius 1 is 1.21 bits per heavy atom. The van der Waals surface area contributed by atoms with Crippen LogP contribution in [0, 0.1) is 11.6 Å². The maximum atomic E-state index is 13.2. The van der Waals surface area contributed by atoms with Gasteiger partial charge in [-0.15, -0.1) is 0 Å². The van der Waals surface area contributed by atoms with Crippen LogP contribution in [0.5, 0.6) is 5.75 Å². The summed E-state index contributed by atoms with van der Waals surface area (Å²) in [5, 5.41) is 12.0. The number of nitrogens with zero attached hydrogens (tertiary/aromatic N) is 1. The van der Waals surface area contributed by atoms with Crippen molar-refractivity contribution in [1.29, 1.82) is 0 Å². The van der Waals surface area contributed by atoms with E-state index in [1.807, 2.05) is 0 Å². The van der Waals surface area contributed by atoms with Crippen molar-refractivity contribution in [2.45, 2.75) is 6.04 Å². The molecule has 1 atom stereocenters. The Labute approximate surface area is 138 Å². The Morgan fingerprint density at radius 2 is 1.79 bits per heavy atom. The molecule has 0 aliphatic rings. The van der Waals surface area contributed by atoms with Gasteiger partial charge < -0.3 is 20.1 Å². The number of hydrogen-bond donors (Lipinski definition) is 2. The SMILES string of the molecule is COc1ccc([C@H](CO)N(C)C(=O)Nc2cc(F)cc(F)c2)cc1. The number of aliphatic hydroxyl groups is 1. The summed E-state index contributed by atoms with van der Waals surface area (Å²) >= 11 is 0. The van der Waals surface area contributed by atoms with Gasteiger partial charge in [0.2, 0.25) is 0 Å². The minimum Gasteiger partial charge on any atom is -0.497 e. The summed E-state index contributed by atoms with van der Waals surface area (Å²) in [6, 6.07) is 8.40. The topological polar surface area (TPSA) is 61.8 Å². The van der Waals surface area contributed by atoms with Crippen molar-refractivity contribution in [2.24, 2.45) is 0 Å². The number of nitrogens with one attached hydrogen (secondary N) is 1. The van der Waals surface area contributed by atoms with E-state index in [0.29, 0.717) is 17.4 Å². The highest BCUT2D eigenvalue weighted by Gasteiger charge is 2.21. The first-order valence-corrected chi connectivity index (χ1v) is 7.19. The van der Waals surface area contributed by atoms with Crippen LogP contribution in [0.3, 0.4) is 0 Å². The van der Waals surface area contributed by atoms with Crippen LogP contribution < -0.4 is 10.1 Å². The van der Waals surface area contributed by atoms with Crippen molar-refractivity contribution in [3.05, 3.63) is 59.7 Å². The number of anilines is 1. The van der Waals surface area contributed by atoms with Crippen LogP contribution in [0.2, 0.25) is 0 Å². The molecule has 0 aliphatic heterocycles. The van der Waals surface area contributed by atoms with Crippen molar-refractivity contribution >= 4 is 11.7 Å². The zero-order chi connectivity index (χ0) is 17.7. The monoisotopic (exact) mass is 336 g/mol. The first kappa shape index (κ1) is 17.7. The van der Waals surface area contributed by atoms with Crippen LogP contribution in [-0.4, -0.2) is 36.8 Å². The lowest BCUT2D eigenvalue weighted by Crippen LogP contribution is -2.36. The average Bonchev–Trinajstić information content (AvgIpc) is 2.55. The molecule has 0 radical (unpaired) electrons. The Bertz CT molecular complexity index is 687. The predicted molar refractivity (Wildman–Crippen MR) is 86.0 cm³/mol. The van der Waals surface area contributed by atoms with Crippen molar-refractivity contribution in [3.63, 3.8) is 0 Å². The molecule has 2 aromatic carbocycles. The van der Waals surface area contributed by atoms with E-state index in [2.05, 4.69) is 5.32 Å². The fourth-order valence-corrected chi connectivity index (χ4v) is 2.26. The molecule has 0 heterocycles. The van der Waals surface area contributed by atoms with E-state index in [0.717, 1.165) is 12.1 Å². The maximum absolute atomic E-state index is 13.2. The van der Waals surface area contributed by atoms with Crippen LogP contribution in [0.15, 0.2) is 42.5 Å². The molecule has 0 saturated carbocycles. The van der Waals surface area contributed by atoms with Gasteiger partial charge in [-0.3, -0.25) is 0 Å². The van der Waals surface area contributed by atoms with Gasteiger partial charge in [0, 0.05) is 18.8 Å². The number of aliphatic hydroxyl groups excluding tert-OH is 1. The van der Waals surface area contributed by atoms with Gasteiger partial charge in [0.05, 0.1) is 19.8 Å². The van der Waals surface area contributed by atoms with Gasteiger partial charge >= 0.3 is 6.03 Å². The number of urea groups is 1. The highest BCUT2D eigenvalue weighted by atomic mass is 19.1. The van der Waals surface area contributed by atoms with Gasteiger partial charge in [-0.1, -0.05) is 12.1 Å². The molecule has 24 heavy (non-hydrogen) atoms. The summed E-state index contributed by atoms with van der Waals surface area (Å²) in [5.74, 6) is -0.929. The minimum absolute atomic E-state index is 0.00392.